The minimum Gasteiger partial charge on any atom is -0.354 e. The summed E-state index contributed by atoms with van der Waals surface area (Å²) in [5.74, 6) is -1.74. The Morgan fingerprint density at radius 2 is 2.12 bits per heavy atom. The predicted octanol–water partition coefficient (Wildman–Crippen LogP) is 2.49. The summed E-state index contributed by atoms with van der Waals surface area (Å²) in [6.07, 6.45) is 4.53. The third-order valence-corrected chi connectivity index (χ3v) is 4.48. The van der Waals surface area contributed by atoms with E-state index in [2.05, 4.69) is 25.3 Å². The van der Waals surface area contributed by atoms with Gasteiger partial charge in [0.2, 0.25) is 5.91 Å². The molecule has 1 fully saturated rings. The van der Waals surface area contributed by atoms with E-state index in [0.29, 0.717) is 24.4 Å². The monoisotopic (exact) mass is 358 g/mol. The average molecular weight is 358 g/mol. The first-order chi connectivity index (χ1) is 12.6. The molecule has 0 saturated carbocycles. The molecule has 9 heteroatoms. The number of nitrogens with zero attached hydrogens (tertiary/aromatic N) is 4. The lowest BCUT2D eigenvalue weighted by Gasteiger charge is -2.32. The van der Waals surface area contributed by atoms with Crippen LogP contribution in [0, 0.1) is 17.6 Å². The number of H-pyrrole nitrogens is 1. The first-order valence-corrected chi connectivity index (χ1v) is 8.27. The van der Waals surface area contributed by atoms with Crippen molar-refractivity contribution in [3.05, 3.63) is 42.5 Å². The summed E-state index contributed by atoms with van der Waals surface area (Å²) < 4.78 is 26.3. The van der Waals surface area contributed by atoms with Crippen molar-refractivity contribution in [2.45, 2.75) is 12.8 Å². The van der Waals surface area contributed by atoms with E-state index in [1.807, 2.05) is 4.90 Å². The van der Waals surface area contributed by atoms with Crippen LogP contribution in [0.3, 0.4) is 0 Å². The summed E-state index contributed by atoms with van der Waals surface area (Å²) >= 11 is 0. The molecule has 134 valence electrons. The normalized spacial score (nSPS) is 17.5. The number of aromatic amines is 1. The molecule has 0 unspecified atom stereocenters. The fourth-order valence-electron chi connectivity index (χ4n) is 3.19. The maximum atomic E-state index is 13.3. The minimum absolute atomic E-state index is 0.226. The molecule has 7 nitrogen and oxygen atoms in total. The Hall–Kier alpha value is -3.10. The van der Waals surface area contributed by atoms with E-state index in [9.17, 15) is 13.6 Å². The summed E-state index contributed by atoms with van der Waals surface area (Å²) in [4.78, 5) is 30.1. The zero-order valence-electron chi connectivity index (χ0n) is 13.7. The Bertz CT molecular complexity index is 959. The van der Waals surface area contributed by atoms with Crippen LogP contribution in [0.4, 0.5) is 20.3 Å². The number of imidazole rings is 1. The van der Waals surface area contributed by atoms with Crippen molar-refractivity contribution < 1.29 is 13.6 Å². The molecule has 26 heavy (non-hydrogen) atoms. The van der Waals surface area contributed by atoms with Gasteiger partial charge in [0.1, 0.15) is 11.8 Å². The van der Waals surface area contributed by atoms with Crippen LogP contribution in [-0.2, 0) is 4.79 Å². The largest absolute Gasteiger partial charge is 0.354 e. The van der Waals surface area contributed by atoms with E-state index in [0.717, 1.165) is 30.6 Å². The van der Waals surface area contributed by atoms with E-state index in [4.69, 9.17) is 0 Å². The molecule has 1 aromatic carbocycles. The summed E-state index contributed by atoms with van der Waals surface area (Å²) in [5, 5.41) is 2.66. The second-order valence-electron chi connectivity index (χ2n) is 6.20. The number of carbonyl (C=O) groups excluding carboxylic acids is 1. The highest BCUT2D eigenvalue weighted by molar-refractivity contribution is 5.93. The van der Waals surface area contributed by atoms with Crippen LogP contribution in [0.25, 0.3) is 11.2 Å². The van der Waals surface area contributed by atoms with E-state index < -0.39 is 11.6 Å². The van der Waals surface area contributed by atoms with Gasteiger partial charge in [0.25, 0.3) is 0 Å². The molecule has 1 aliphatic heterocycles. The smallest absolute Gasteiger partial charge is 0.229 e. The molecule has 4 rings (SSSR count). The number of piperidine rings is 1. The standard InChI is InChI=1S/C17H16F2N6O/c18-12-4-3-11(6-13(12)19)24-17(26)10-2-1-5-25(7-10)16-14-15(21-8-20-14)22-9-23-16/h3-4,6,8-10H,1-2,5,7H2,(H,24,26)(H,20,21,22,23)/t10-/m0/s1. The van der Waals surface area contributed by atoms with Gasteiger partial charge >= 0.3 is 0 Å². The summed E-state index contributed by atoms with van der Waals surface area (Å²) in [6, 6.07) is 3.32. The molecule has 1 atom stereocenters. The number of rotatable bonds is 3. The Kier molecular flexibility index (Phi) is 4.19. The van der Waals surface area contributed by atoms with Crippen molar-refractivity contribution >= 4 is 28.6 Å². The first-order valence-electron chi connectivity index (χ1n) is 8.27. The van der Waals surface area contributed by atoms with Crippen LogP contribution in [0.15, 0.2) is 30.9 Å². The van der Waals surface area contributed by atoms with Crippen LogP contribution in [0.5, 0.6) is 0 Å². The highest BCUT2D eigenvalue weighted by Gasteiger charge is 2.28. The lowest BCUT2D eigenvalue weighted by Crippen LogP contribution is -2.41. The number of anilines is 2. The maximum absolute atomic E-state index is 13.3. The molecule has 3 heterocycles. The Morgan fingerprint density at radius 3 is 2.96 bits per heavy atom. The van der Waals surface area contributed by atoms with Gasteiger partial charge in [-0.1, -0.05) is 0 Å². The number of fused-ring (bicyclic) bond motifs is 1. The lowest BCUT2D eigenvalue weighted by atomic mass is 9.97. The highest BCUT2D eigenvalue weighted by atomic mass is 19.2. The Balaban J connectivity index is 1.50. The van der Waals surface area contributed by atoms with Gasteiger partial charge < -0.3 is 15.2 Å². The fourth-order valence-corrected chi connectivity index (χ4v) is 3.19. The second kappa shape index (κ2) is 6.66. The van der Waals surface area contributed by atoms with Crippen molar-refractivity contribution in [2.24, 2.45) is 5.92 Å². The van der Waals surface area contributed by atoms with Gasteiger partial charge in [-0.2, -0.15) is 0 Å². The molecule has 1 aliphatic rings. The van der Waals surface area contributed by atoms with Crippen LogP contribution in [0.2, 0.25) is 0 Å². The van der Waals surface area contributed by atoms with Crippen molar-refractivity contribution in [3.8, 4) is 0 Å². The number of halogens is 2. The summed E-state index contributed by atoms with van der Waals surface area (Å²) in [7, 11) is 0. The van der Waals surface area contributed by atoms with Crippen molar-refractivity contribution in [2.75, 3.05) is 23.3 Å². The molecule has 1 amide bonds. The molecular formula is C17H16F2N6O. The molecular weight excluding hydrogens is 342 g/mol. The summed E-state index contributed by atoms with van der Waals surface area (Å²) in [5.41, 5.74) is 1.54. The van der Waals surface area contributed by atoms with Gasteiger partial charge in [0.15, 0.2) is 23.1 Å². The number of hydrogen-bond donors (Lipinski definition) is 2. The molecule has 0 bridgehead atoms. The number of benzene rings is 1. The number of carbonyl (C=O) groups is 1. The number of aromatic nitrogens is 4. The van der Waals surface area contributed by atoms with Gasteiger partial charge in [-0.05, 0) is 25.0 Å². The summed E-state index contributed by atoms with van der Waals surface area (Å²) in [6.45, 7) is 1.24. The van der Waals surface area contributed by atoms with Crippen LogP contribution in [0.1, 0.15) is 12.8 Å². The number of hydrogen-bond acceptors (Lipinski definition) is 5. The maximum Gasteiger partial charge on any atom is 0.229 e. The Morgan fingerprint density at radius 1 is 1.23 bits per heavy atom. The van der Waals surface area contributed by atoms with Gasteiger partial charge in [-0.25, -0.2) is 23.7 Å². The number of amides is 1. The van der Waals surface area contributed by atoms with Crippen LogP contribution >= 0.6 is 0 Å². The first kappa shape index (κ1) is 16.4. The molecule has 0 spiro atoms. The predicted molar refractivity (Wildman–Crippen MR) is 91.6 cm³/mol. The zero-order valence-corrected chi connectivity index (χ0v) is 13.7. The van der Waals surface area contributed by atoms with Gasteiger partial charge in [-0.15, -0.1) is 0 Å². The highest BCUT2D eigenvalue weighted by Crippen LogP contribution is 2.26. The average Bonchev–Trinajstić information content (AvgIpc) is 3.13. The van der Waals surface area contributed by atoms with Crippen LogP contribution < -0.4 is 10.2 Å². The van der Waals surface area contributed by atoms with Crippen molar-refractivity contribution in [1.29, 1.82) is 0 Å². The second-order valence-corrected chi connectivity index (χ2v) is 6.20. The van der Waals surface area contributed by atoms with E-state index in [1.54, 1.807) is 6.33 Å². The third kappa shape index (κ3) is 3.07. The van der Waals surface area contributed by atoms with Crippen LogP contribution in [-0.4, -0.2) is 38.9 Å². The van der Waals surface area contributed by atoms with Gasteiger partial charge in [-0.3, -0.25) is 4.79 Å². The molecule has 2 N–H and O–H groups in total. The lowest BCUT2D eigenvalue weighted by molar-refractivity contribution is -0.120. The van der Waals surface area contributed by atoms with E-state index >= 15 is 0 Å². The van der Waals surface area contributed by atoms with E-state index in [-0.39, 0.29) is 17.5 Å². The topological polar surface area (TPSA) is 86.8 Å². The van der Waals surface area contributed by atoms with Crippen molar-refractivity contribution in [1.82, 2.24) is 19.9 Å². The third-order valence-electron chi connectivity index (χ3n) is 4.48. The molecule has 0 aliphatic carbocycles. The fraction of sp³-hybridized carbons (Fsp3) is 0.294. The molecule has 1 saturated heterocycles. The molecule has 0 radical (unpaired) electrons. The molecule has 3 aromatic rings. The van der Waals surface area contributed by atoms with E-state index in [1.165, 1.54) is 12.4 Å². The molecule has 2 aromatic heterocycles. The van der Waals surface area contributed by atoms with Crippen molar-refractivity contribution in [3.63, 3.8) is 0 Å². The SMILES string of the molecule is O=C(Nc1ccc(F)c(F)c1)[C@H]1CCCN(c2ncnc3nc[nH]c23)C1. The van der Waals surface area contributed by atoms with Gasteiger partial charge in [0.05, 0.1) is 12.2 Å². The quantitative estimate of drug-likeness (QED) is 0.751. The van der Waals surface area contributed by atoms with Gasteiger partial charge in [0, 0.05) is 24.8 Å². The zero-order chi connectivity index (χ0) is 18.1. The number of nitrogens with one attached hydrogen (secondary N) is 2. The Labute approximate surface area is 147 Å². The minimum atomic E-state index is -0.990.